The van der Waals surface area contributed by atoms with Crippen molar-refractivity contribution in [1.82, 2.24) is 14.9 Å². The van der Waals surface area contributed by atoms with Gasteiger partial charge in [0.2, 0.25) is 10.0 Å². The summed E-state index contributed by atoms with van der Waals surface area (Å²) in [6.45, 7) is 5.87. The summed E-state index contributed by atoms with van der Waals surface area (Å²) in [4.78, 5) is 6.53. The molecule has 6 nitrogen and oxygen atoms in total. The molecule has 0 aromatic heterocycles. The molecule has 0 saturated carbocycles. The van der Waals surface area contributed by atoms with Gasteiger partial charge in [0, 0.05) is 32.2 Å². The largest absolute Gasteiger partial charge is 0.354 e. The van der Waals surface area contributed by atoms with Crippen LogP contribution >= 0.6 is 0 Å². The molecular weight excluding hydrogens is 312 g/mol. The Labute approximate surface area is 139 Å². The van der Waals surface area contributed by atoms with Gasteiger partial charge in [-0.2, -0.15) is 0 Å². The van der Waals surface area contributed by atoms with E-state index in [-0.39, 0.29) is 0 Å². The molecular formula is C16H26N4O2S. The Morgan fingerprint density at radius 1 is 1.30 bits per heavy atom. The van der Waals surface area contributed by atoms with Crippen molar-refractivity contribution in [2.75, 3.05) is 26.4 Å². The Bertz CT molecular complexity index is 683. The van der Waals surface area contributed by atoms with Gasteiger partial charge < -0.3 is 10.2 Å². The Hall–Kier alpha value is -1.60. The third kappa shape index (κ3) is 5.21. The zero-order chi connectivity index (χ0) is 17.1. The SMILES string of the molecule is CN=C(NCC(C)(C)NS(C)(=O)=O)N1CCc2ccccc2C1. The van der Waals surface area contributed by atoms with Crippen molar-refractivity contribution in [2.24, 2.45) is 4.99 Å². The molecule has 0 radical (unpaired) electrons. The Balaban J connectivity index is 1.99. The van der Waals surface area contributed by atoms with Crippen LogP contribution in [0.1, 0.15) is 25.0 Å². The molecule has 1 aromatic rings. The number of rotatable bonds is 4. The van der Waals surface area contributed by atoms with Crippen molar-refractivity contribution in [2.45, 2.75) is 32.4 Å². The van der Waals surface area contributed by atoms with Gasteiger partial charge in [-0.1, -0.05) is 24.3 Å². The van der Waals surface area contributed by atoms with Gasteiger partial charge in [0.05, 0.1) is 6.26 Å². The lowest BCUT2D eigenvalue weighted by Crippen LogP contribution is -2.54. The lowest BCUT2D eigenvalue weighted by molar-refractivity contribution is 0.367. The molecule has 23 heavy (non-hydrogen) atoms. The van der Waals surface area contributed by atoms with Crippen molar-refractivity contribution >= 4 is 16.0 Å². The molecule has 0 aliphatic carbocycles. The minimum atomic E-state index is -3.24. The van der Waals surface area contributed by atoms with Gasteiger partial charge >= 0.3 is 0 Å². The first-order valence-corrected chi connectivity index (χ1v) is 9.61. The second-order valence-electron chi connectivity index (χ2n) is 6.60. The first-order valence-electron chi connectivity index (χ1n) is 7.71. The molecule has 0 fully saturated rings. The highest BCUT2D eigenvalue weighted by Crippen LogP contribution is 2.18. The first-order chi connectivity index (χ1) is 10.7. The van der Waals surface area contributed by atoms with Crippen LogP contribution in [0.5, 0.6) is 0 Å². The smallest absolute Gasteiger partial charge is 0.209 e. The Kier molecular flexibility index (Phi) is 5.31. The van der Waals surface area contributed by atoms with Crippen molar-refractivity contribution in [3.63, 3.8) is 0 Å². The lowest BCUT2D eigenvalue weighted by Gasteiger charge is -2.33. The average Bonchev–Trinajstić information content (AvgIpc) is 2.45. The molecule has 1 aromatic carbocycles. The monoisotopic (exact) mass is 338 g/mol. The van der Waals surface area contributed by atoms with Crippen LogP contribution in [-0.4, -0.2) is 51.2 Å². The number of guanidine groups is 1. The normalized spacial score (nSPS) is 16.2. The fraction of sp³-hybridized carbons (Fsp3) is 0.562. The average molecular weight is 338 g/mol. The summed E-state index contributed by atoms with van der Waals surface area (Å²) in [5.41, 5.74) is 2.12. The van der Waals surface area contributed by atoms with Crippen molar-refractivity contribution in [3.8, 4) is 0 Å². The maximum Gasteiger partial charge on any atom is 0.209 e. The van der Waals surface area contributed by atoms with Gasteiger partial charge in [-0.05, 0) is 31.4 Å². The highest BCUT2D eigenvalue weighted by Gasteiger charge is 2.24. The molecule has 0 spiro atoms. The third-order valence-electron chi connectivity index (χ3n) is 3.79. The molecule has 0 amide bonds. The van der Waals surface area contributed by atoms with E-state index in [9.17, 15) is 8.42 Å². The number of nitrogens with one attached hydrogen (secondary N) is 2. The van der Waals surface area contributed by atoms with Crippen LogP contribution in [0.15, 0.2) is 29.3 Å². The minimum absolute atomic E-state index is 0.463. The summed E-state index contributed by atoms with van der Waals surface area (Å²) in [5.74, 6) is 0.794. The van der Waals surface area contributed by atoms with Crippen LogP contribution in [0.2, 0.25) is 0 Å². The predicted octanol–water partition coefficient (Wildman–Crippen LogP) is 0.948. The highest BCUT2D eigenvalue weighted by molar-refractivity contribution is 7.88. The first kappa shape index (κ1) is 17.7. The Morgan fingerprint density at radius 3 is 2.57 bits per heavy atom. The van der Waals surface area contributed by atoms with Gasteiger partial charge in [0.25, 0.3) is 0 Å². The van der Waals surface area contributed by atoms with Gasteiger partial charge in [0.1, 0.15) is 0 Å². The van der Waals surface area contributed by atoms with Gasteiger partial charge in [-0.3, -0.25) is 4.99 Å². The minimum Gasteiger partial charge on any atom is -0.354 e. The van der Waals surface area contributed by atoms with E-state index in [0.29, 0.717) is 6.54 Å². The number of hydrogen-bond acceptors (Lipinski definition) is 3. The van der Waals surface area contributed by atoms with Crippen molar-refractivity contribution < 1.29 is 8.42 Å². The summed E-state index contributed by atoms with van der Waals surface area (Å²) in [7, 11) is -1.49. The molecule has 7 heteroatoms. The summed E-state index contributed by atoms with van der Waals surface area (Å²) < 4.78 is 25.5. The van der Waals surface area contributed by atoms with E-state index in [1.54, 1.807) is 7.05 Å². The molecule has 128 valence electrons. The molecule has 2 N–H and O–H groups in total. The fourth-order valence-electron chi connectivity index (χ4n) is 2.85. The van der Waals surface area contributed by atoms with Gasteiger partial charge in [0.15, 0.2) is 5.96 Å². The molecule has 0 bridgehead atoms. The van der Waals surface area contributed by atoms with E-state index in [1.165, 1.54) is 17.4 Å². The van der Waals surface area contributed by atoms with Gasteiger partial charge in [-0.25, -0.2) is 13.1 Å². The summed E-state index contributed by atoms with van der Waals surface area (Å²) in [6.07, 6.45) is 2.16. The highest BCUT2D eigenvalue weighted by atomic mass is 32.2. The lowest BCUT2D eigenvalue weighted by atomic mass is 10.0. The number of nitrogens with zero attached hydrogens (tertiary/aromatic N) is 2. The number of benzene rings is 1. The predicted molar refractivity (Wildman–Crippen MR) is 94.0 cm³/mol. The molecule has 1 aliphatic heterocycles. The molecule has 2 rings (SSSR count). The number of sulfonamides is 1. The third-order valence-corrected chi connectivity index (χ3v) is 4.72. The summed E-state index contributed by atoms with van der Waals surface area (Å²) in [5, 5.41) is 3.28. The van der Waals surface area contributed by atoms with Crippen molar-refractivity contribution in [3.05, 3.63) is 35.4 Å². The number of fused-ring (bicyclic) bond motifs is 1. The number of hydrogen-bond donors (Lipinski definition) is 2. The fourth-order valence-corrected chi connectivity index (χ4v) is 3.92. The van der Waals surface area contributed by atoms with E-state index < -0.39 is 15.6 Å². The second kappa shape index (κ2) is 6.88. The molecule has 0 atom stereocenters. The molecule has 0 unspecified atom stereocenters. The van der Waals surface area contributed by atoms with E-state index in [0.717, 1.165) is 25.5 Å². The topological polar surface area (TPSA) is 73.8 Å². The van der Waals surface area contributed by atoms with Crippen molar-refractivity contribution in [1.29, 1.82) is 0 Å². The zero-order valence-corrected chi connectivity index (χ0v) is 15.1. The molecule has 1 heterocycles. The van der Waals surface area contributed by atoms with Crippen LogP contribution < -0.4 is 10.0 Å². The van der Waals surface area contributed by atoms with Crippen LogP contribution in [0.3, 0.4) is 0 Å². The van der Waals surface area contributed by atoms with Gasteiger partial charge in [-0.15, -0.1) is 0 Å². The number of aliphatic imine (C=N–C) groups is 1. The van der Waals surface area contributed by atoms with E-state index in [4.69, 9.17) is 0 Å². The zero-order valence-electron chi connectivity index (χ0n) is 14.3. The standard InChI is InChI=1S/C16H26N4O2S/c1-16(2,19-23(4,21)22)12-18-15(17-3)20-10-9-13-7-5-6-8-14(13)11-20/h5-8,19H,9-12H2,1-4H3,(H,17,18). The maximum absolute atomic E-state index is 11.4. The Morgan fingerprint density at radius 2 is 1.96 bits per heavy atom. The van der Waals surface area contributed by atoms with Crippen LogP contribution in [0, 0.1) is 0 Å². The van der Waals surface area contributed by atoms with Crippen LogP contribution in [0.25, 0.3) is 0 Å². The summed E-state index contributed by atoms with van der Waals surface area (Å²) in [6, 6.07) is 8.44. The van der Waals surface area contributed by atoms with Crippen LogP contribution in [0.4, 0.5) is 0 Å². The quantitative estimate of drug-likeness (QED) is 0.633. The maximum atomic E-state index is 11.4. The van der Waals surface area contributed by atoms with Crippen LogP contribution in [-0.2, 0) is 23.0 Å². The van der Waals surface area contributed by atoms with E-state index >= 15 is 0 Å². The summed E-state index contributed by atoms with van der Waals surface area (Å²) >= 11 is 0. The van der Waals surface area contributed by atoms with E-state index in [2.05, 4.69) is 44.2 Å². The molecule has 0 saturated heterocycles. The molecule has 1 aliphatic rings. The second-order valence-corrected chi connectivity index (χ2v) is 8.35. The van der Waals surface area contributed by atoms with E-state index in [1.807, 2.05) is 13.8 Å².